The largest absolute Gasteiger partial charge is 0.497 e. The number of carbonyl (C=O) groups excluding carboxylic acids is 1. The van der Waals surface area contributed by atoms with Crippen LogP contribution in [-0.4, -0.2) is 25.8 Å². The summed E-state index contributed by atoms with van der Waals surface area (Å²) in [6.07, 6.45) is 3.32. The van der Waals surface area contributed by atoms with Crippen LogP contribution in [0.1, 0.15) is 31.2 Å². The highest BCUT2D eigenvalue weighted by Crippen LogP contribution is 2.39. The Morgan fingerprint density at radius 1 is 1.21 bits per heavy atom. The van der Waals surface area contributed by atoms with Gasteiger partial charge in [0.2, 0.25) is 0 Å². The van der Waals surface area contributed by atoms with E-state index in [0.717, 1.165) is 30.6 Å². The molecule has 0 heterocycles. The number of carbonyl (C=O) groups is 1. The first-order chi connectivity index (χ1) is 9.17. The van der Waals surface area contributed by atoms with Gasteiger partial charge < -0.3 is 14.2 Å². The fourth-order valence-electron chi connectivity index (χ4n) is 2.24. The van der Waals surface area contributed by atoms with Crippen molar-refractivity contribution in [3.05, 3.63) is 29.8 Å². The molecule has 1 aliphatic carbocycles. The van der Waals surface area contributed by atoms with Crippen molar-refractivity contribution in [1.29, 1.82) is 0 Å². The van der Waals surface area contributed by atoms with Crippen LogP contribution in [0.4, 0.5) is 0 Å². The van der Waals surface area contributed by atoms with Crippen molar-refractivity contribution < 1.29 is 19.0 Å². The van der Waals surface area contributed by atoms with Gasteiger partial charge in [0, 0.05) is 0 Å². The van der Waals surface area contributed by atoms with E-state index in [-0.39, 0.29) is 11.6 Å². The van der Waals surface area contributed by atoms with Crippen LogP contribution in [0.5, 0.6) is 5.75 Å². The van der Waals surface area contributed by atoms with E-state index in [0.29, 0.717) is 13.0 Å². The molecule has 2 rings (SSSR count). The summed E-state index contributed by atoms with van der Waals surface area (Å²) in [5.74, 6) is 0.631. The molecule has 19 heavy (non-hydrogen) atoms. The smallest absolute Gasteiger partial charge is 0.308 e. The van der Waals surface area contributed by atoms with Gasteiger partial charge >= 0.3 is 5.97 Å². The van der Waals surface area contributed by atoms with Gasteiger partial charge in [0.05, 0.1) is 32.8 Å². The summed E-state index contributed by atoms with van der Waals surface area (Å²) in [6.45, 7) is 0.515. The van der Waals surface area contributed by atoms with Crippen molar-refractivity contribution in [3.8, 4) is 5.75 Å². The Hall–Kier alpha value is -1.55. The second-order valence-electron chi connectivity index (χ2n) is 4.93. The molecule has 1 fully saturated rings. The molecule has 0 aliphatic heterocycles. The lowest BCUT2D eigenvalue weighted by atomic mass is 9.77. The minimum Gasteiger partial charge on any atom is -0.497 e. The lowest BCUT2D eigenvalue weighted by Gasteiger charge is -2.40. The van der Waals surface area contributed by atoms with E-state index in [9.17, 15) is 4.79 Å². The maximum absolute atomic E-state index is 11.4. The van der Waals surface area contributed by atoms with Crippen molar-refractivity contribution in [3.63, 3.8) is 0 Å². The minimum atomic E-state index is -0.312. The van der Waals surface area contributed by atoms with E-state index in [1.807, 2.05) is 24.3 Å². The summed E-state index contributed by atoms with van der Waals surface area (Å²) in [5.41, 5.74) is 0.768. The van der Waals surface area contributed by atoms with E-state index in [2.05, 4.69) is 0 Å². The summed E-state index contributed by atoms with van der Waals surface area (Å²) in [4.78, 5) is 11.4. The number of esters is 1. The molecule has 1 aliphatic rings. The van der Waals surface area contributed by atoms with Crippen LogP contribution in [0.15, 0.2) is 24.3 Å². The van der Waals surface area contributed by atoms with Crippen molar-refractivity contribution in [2.75, 3.05) is 14.2 Å². The molecular weight excluding hydrogens is 244 g/mol. The molecule has 0 atom stereocenters. The van der Waals surface area contributed by atoms with E-state index in [1.165, 1.54) is 7.11 Å². The number of hydrogen-bond donors (Lipinski definition) is 0. The van der Waals surface area contributed by atoms with Crippen LogP contribution in [0.2, 0.25) is 0 Å². The number of ether oxygens (including phenoxy) is 3. The van der Waals surface area contributed by atoms with Gasteiger partial charge in [-0.05, 0) is 37.0 Å². The van der Waals surface area contributed by atoms with Crippen molar-refractivity contribution in [2.24, 2.45) is 0 Å². The lowest BCUT2D eigenvalue weighted by Crippen LogP contribution is -2.42. The topological polar surface area (TPSA) is 44.8 Å². The fraction of sp³-hybridized carbons (Fsp3) is 0.533. The van der Waals surface area contributed by atoms with Crippen LogP contribution < -0.4 is 4.74 Å². The molecule has 4 heteroatoms. The standard InChI is InChI=1S/C15H20O4/c1-17-13-6-4-12(5-7-13)11-19-15(8-3-9-15)10-14(16)18-2/h4-7H,3,8-11H2,1-2H3. The molecule has 0 aromatic heterocycles. The Bertz CT molecular complexity index is 420. The van der Waals surface area contributed by atoms with E-state index in [1.54, 1.807) is 7.11 Å². The SMILES string of the molecule is COC(=O)CC1(OCc2ccc(OC)cc2)CCC1. The molecule has 0 unspecified atom stereocenters. The molecule has 4 nitrogen and oxygen atoms in total. The molecule has 1 aromatic rings. The van der Waals surface area contributed by atoms with Gasteiger partial charge in [0.25, 0.3) is 0 Å². The molecule has 1 aromatic carbocycles. The van der Waals surface area contributed by atoms with Crippen LogP contribution in [0.3, 0.4) is 0 Å². The Morgan fingerprint density at radius 2 is 1.89 bits per heavy atom. The van der Waals surface area contributed by atoms with E-state index >= 15 is 0 Å². The molecule has 1 saturated carbocycles. The number of rotatable bonds is 6. The van der Waals surface area contributed by atoms with Crippen molar-refractivity contribution >= 4 is 5.97 Å². The summed E-state index contributed by atoms with van der Waals surface area (Å²) in [6, 6.07) is 7.77. The van der Waals surface area contributed by atoms with Gasteiger partial charge in [-0.15, -0.1) is 0 Å². The van der Waals surface area contributed by atoms with Gasteiger partial charge in [-0.25, -0.2) is 0 Å². The Morgan fingerprint density at radius 3 is 2.37 bits per heavy atom. The third kappa shape index (κ3) is 3.47. The normalized spacial score (nSPS) is 16.5. The maximum Gasteiger partial charge on any atom is 0.308 e. The maximum atomic E-state index is 11.4. The van der Waals surface area contributed by atoms with Gasteiger partial charge in [-0.2, -0.15) is 0 Å². The zero-order valence-corrected chi connectivity index (χ0v) is 11.5. The lowest BCUT2D eigenvalue weighted by molar-refractivity contribution is -0.159. The monoisotopic (exact) mass is 264 g/mol. The first-order valence-electron chi connectivity index (χ1n) is 6.51. The predicted octanol–water partition coefficient (Wildman–Crippen LogP) is 2.70. The first-order valence-corrected chi connectivity index (χ1v) is 6.51. The summed E-state index contributed by atoms with van der Waals surface area (Å²) < 4.78 is 15.8. The summed E-state index contributed by atoms with van der Waals surface area (Å²) in [5, 5.41) is 0. The molecule has 0 N–H and O–H groups in total. The molecular formula is C15H20O4. The second-order valence-corrected chi connectivity index (χ2v) is 4.93. The van der Waals surface area contributed by atoms with Crippen molar-refractivity contribution in [2.45, 2.75) is 37.9 Å². The zero-order chi connectivity index (χ0) is 13.7. The van der Waals surface area contributed by atoms with Gasteiger partial charge in [-0.3, -0.25) is 4.79 Å². The second kappa shape index (κ2) is 6.06. The highest BCUT2D eigenvalue weighted by Gasteiger charge is 2.40. The molecule has 0 radical (unpaired) electrons. The van der Waals surface area contributed by atoms with Crippen molar-refractivity contribution in [1.82, 2.24) is 0 Å². The average Bonchev–Trinajstić information content (AvgIpc) is 2.42. The highest BCUT2D eigenvalue weighted by atomic mass is 16.5. The van der Waals surface area contributed by atoms with E-state index in [4.69, 9.17) is 14.2 Å². The molecule has 104 valence electrons. The third-order valence-electron chi connectivity index (χ3n) is 3.66. The number of hydrogen-bond acceptors (Lipinski definition) is 4. The zero-order valence-electron chi connectivity index (χ0n) is 11.5. The van der Waals surface area contributed by atoms with Crippen LogP contribution in [0.25, 0.3) is 0 Å². The Balaban J connectivity index is 1.90. The fourth-order valence-corrected chi connectivity index (χ4v) is 2.24. The third-order valence-corrected chi connectivity index (χ3v) is 3.66. The Kier molecular flexibility index (Phi) is 4.43. The van der Waals surface area contributed by atoms with Crippen LogP contribution in [0, 0.1) is 0 Å². The predicted molar refractivity (Wildman–Crippen MR) is 71.0 cm³/mol. The Labute approximate surface area is 113 Å². The number of benzene rings is 1. The van der Waals surface area contributed by atoms with Gasteiger partial charge in [0.15, 0.2) is 0 Å². The molecule has 0 saturated heterocycles. The average molecular weight is 264 g/mol. The molecule has 0 bridgehead atoms. The summed E-state index contributed by atoms with van der Waals surface area (Å²) >= 11 is 0. The first kappa shape index (κ1) is 13.9. The van der Waals surface area contributed by atoms with Crippen LogP contribution in [-0.2, 0) is 20.9 Å². The number of methoxy groups -OCH3 is 2. The summed E-state index contributed by atoms with van der Waals surface area (Å²) in [7, 11) is 3.06. The van der Waals surface area contributed by atoms with Gasteiger partial charge in [0.1, 0.15) is 5.75 Å². The van der Waals surface area contributed by atoms with E-state index < -0.39 is 0 Å². The molecule has 0 amide bonds. The minimum absolute atomic E-state index is 0.200. The quantitative estimate of drug-likeness (QED) is 0.741. The highest BCUT2D eigenvalue weighted by molar-refractivity contribution is 5.70. The van der Waals surface area contributed by atoms with Crippen LogP contribution >= 0.6 is 0 Å². The molecule has 0 spiro atoms. The van der Waals surface area contributed by atoms with Gasteiger partial charge in [-0.1, -0.05) is 12.1 Å².